The highest BCUT2D eigenvalue weighted by molar-refractivity contribution is 7.72. The third kappa shape index (κ3) is 2.06. The number of benzene rings is 1. The topological polar surface area (TPSA) is 60.2 Å². The van der Waals surface area contributed by atoms with Crippen LogP contribution in [0.15, 0.2) is 29.2 Å². The van der Waals surface area contributed by atoms with Gasteiger partial charge in [0.25, 0.3) is 0 Å². The van der Waals surface area contributed by atoms with Crippen molar-refractivity contribution in [1.29, 1.82) is 0 Å². The maximum atomic E-state index is 10.5. The van der Waals surface area contributed by atoms with Gasteiger partial charge in [-0.2, -0.15) is 0 Å². The molecule has 0 aliphatic heterocycles. The van der Waals surface area contributed by atoms with Gasteiger partial charge in [-0.05, 0) is 24.6 Å². The van der Waals surface area contributed by atoms with E-state index in [9.17, 15) is 8.42 Å². The van der Waals surface area contributed by atoms with E-state index in [1.165, 1.54) is 0 Å². The molecule has 0 spiro atoms. The molecule has 4 heteroatoms. The monoisotopic (exact) mass is 185 g/mol. The molecular weight excluding hydrogens is 174 g/mol. The van der Waals surface area contributed by atoms with E-state index in [0.717, 1.165) is 5.56 Å². The van der Waals surface area contributed by atoms with Crippen LogP contribution in [0.4, 0.5) is 0 Å². The lowest BCUT2D eigenvalue weighted by Gasteiger charge is -2.03. The van der Waals surface area contributed by atoms with Gasteiger partial charge < -0.3 is 5.73 Å². The summed E-state index contributed by atoms with van der Waals surface area (Å²) in [5, 5.41) is 0. The molecule has 0 heterocycles. The molecule has 0 radical (unpaired) electrons. The summed E-state index contributed by atoms with van der Waals surface area (Å²) in [6, 6.07) is 6.52. The van der Waals surface area contributed by atoms with Crippen molar-refractivity contribution >= 4 is 10.7 Å². The Balaban J connectivity index is 3.01. The van der Waals surface area contributed by atoms with Crippen molar-refractivity contribution in [2.24, 2.45) is 5.73 Å². The number of thiol groups is 1. The van der Waals surface area contributed by atoms with Crippen LogP contribution < -0.4 is 5.73 Å². The quantitative estimate of drug-likeness (QED) is 0.666. The first-order valence-corrected chi connectivity index (χ1v) is 4.79. The molecule has 0 aliphatic carbocycles. The lowest BCUT2D eigenvalue weighted by molar-refractivity contribution is 0.614. The fraction of sp³-hybridized carbons (Fsp3) is 0.250. The number of rotatable bonds is 2. The van der Waals surface area contributed by atoms with Gasteiger partial charge in [0.1, 0.15) is 0 Å². The fourth-order valence-electron chi connectivity index (χ4n) is 0.900. The molecule has 3 nitrogen and oxygen atoms in total. The standard InChI is InChI=1S/C8H11NO2S/c1-6(9)7-2-4-8(5-3-7)12(10)11/h2-6,12H,9H2,1H3. The van der Waals surface area contributed by atoms with Crippen LogP contribution in [-0.4, -0.2) is 8.42 Å². The molecular formula is C8H11NO2S. The molecule has 0 fully saturated rings. The minimum absolute atomic E-state index is 0.0522. The van der Waals surface area contributed by atoms with Crippen molar-refractivity contribution in [2.75, 3.05) is 0 Å². The van der Waals surface area contributed by atoms with Gasteiger partial charge in [-0.3, -0.25) is 0 Å². The average molecular weight is 185 g/mol. The van der Waals surface area contributed by atoms with E-state index >= 15 is 0 Å². The Bertz CT molecular complexity index is 319. The van der Waals surface area contributed by atoms with Crippen molar-refractivity contribution in [3.8, 4) is 0 Å². The van der Waals surface area contributed by atoms with Crippen molar-refractivity contribution in [3.05, 3.63) is 29.8 Å². The zero-order valence-corrected chi connectivity index (χ0v) is 7.62. The van der Waals surface area contributed by atoms with E-state index in [0.29, 0.717) is 4.90 Å². The Hall–Kier alpha value is -0.870. The van der Waals surface area contributed by atoms with E-state index in [1.807, 2.05) is 6.92 Å². The predicted molar refractivity (Wildman–Crippen MR) is 47.6 cm³/mol. The van der Waals surface area contributed by atoms with E-state index < -0.39 is 10.7 Å². The summed E-state index contributed by atoms with van der Waals surface area (Å²) >= 11 is 0. The van der Waals surface area contributed by atoms with Crippen molar-refractivity contribution in [2.45, 2.75) is 17.9 Å². The zero-order valence-electron chi connectivity index (χ0n) is 6.73. The molecule has 1 aromatic carbocycles. The van der Waals surface area contributed by atoms with Crippen molar-refractivity contribution < 1.29 is 8.42 Å². The second kappa shape index (κ2) is 3.69. The molecule has 0 aromatic heterocycles. The van der Waals surface area contributed by atoms with Crippen LogP contribution in [-0.2, 0) is 10.7 Å². The Morgan fingerprint density at radius 1 is 1.25 bits per heavy atom. The Morgan fingerprint density at radius 2 is 1.75 bits per heavy atom. The van der Waals surface area contributed by atoms with E-state index in [2.05, 4.69) is 0 Å². The molecule has 1 unspecified atom stereocenters. The minimum atomic E-state index is -2.47. The van der Waals surface area contributed by atoms with Crippen LogP contribution >= 0.6 is 0 Å². The first kappa shape index (κ1) is 9.22. The number of hydrogen-bond acceptors (Lipinski definition) is 3. The van der Waals surface area contributed by atoms with Gasteiger partial charge in [-0.15, -0.1) is 0 Å². The van der Waals surface area contributed by atoms with Crippen LogP contribution in [0.3, 0.4) is 0 Å². The smallest absolute Gasteiger partial charge is 0.168 e. The van der Waals surface area contributed by atoms with Gasteiger partial charge >= 0.3 is 0 Å². The third-order valence-corrected chi connectivity index (χ3v) is 2.35. The van der Waals surface area contributed by atoms with Gasteiger partial charge in [0.05, 0.1) is 4.90 Å². The molecule has 1 atom stereocenters. The molecule has 66 valence electrons. The summed E-state index contributed by atoms with van der Waals surface area (Å²) in [5.74, 6) is 0. The lowest BCUT2D eigenvalue weighted by atomic mass is 10.1. The molecule has 0 saturated heterocycles. The van der Waals surface area contributed by atoms with Crippen molar-refractivity contribution in [3.63, 3.8) is 0 Å². The highest BCUT2D eigenvalue weighted by Gasteiger charge is 1.99. The van der Waals surface area contributed by atoms with E-state index in [-0.39, 0.29) is 6.04 Å². The first-order chi connectivity index (χ1) is 5.61. The minimum Gasteiger partial charge on any atom is -0.324 e. The van der Waals surface area contributed by atoms with Gasteiger partial charge in [0, 0.05) is 6.04 Å². The van der Waals surface area contributed by atoms with Crippen LogP contribution in [0, 0.1) is 0 Å². The second-order valence-electron chi connectivity index (χ2n) is 2.64. The summed E-state index contributed by atoms with van der Waals surface area (Å²) in [6.45, 7) is 1.85. The molecule has 1 aromatic rings. The molecule has 1 rings (SSSR count). The largest absolute Gasteiger partial charge is 0.324 e. The average Bonchev–Trinajstić information content (AvgIpc) is 2.04. The SMILES string of the molecule is CC(N)c1ccc([SH](=O)=O)cc1. The second-order valence-corrected chi connectivity index (χ2v) is 3.67. The normalized spacial score (nSPS) is 13.2. The maximum absolute atomic E-state index is 10.5. The molecule has 12 heavy (non-hydrogen) atoms. The highest BCUT2D eigenvalue weighted by Crippen LogP contribution is 2.11. The molecule has 2 N–H and O–H groups in total. The van der Waals surface area contributed by atoms with Crippen LogP contribution in [0.1, 0.15) is 18.5 Å². The summed E-state index contributed by atoms with van der Waals surface area (Å²) in [7, 11) is -2.47. The van der Waals surface area contributed by atoms with Gasteiger partial charge in [0.2, 0.25) is 0 Å². The first-order valence-electron chi connectivity index (χ1n) is 3.61. The van der Waals surface area contributed by atoms with Crippen LogP contribution in [0.2, 0.25) is 0 Å². The van der Waals surface area contributed by atoms with Gasteiger partial charge in [0.15, 0.2) is 10.7 Å². The zero-order chi connectivity index (χ0) is 9.14. The van der Waals surface area contributed by atoms with Gasteiger partial charge in [-0.25, -0.2) is 8.42 Å². The maximum Gasteiger partial charge on any atom is 0.168 e. The van der Waals surface area contributed by atoms with Crippen molar-refractivity contribution in [1.82, 2.24) is 0 Å². The summed E-state index contributed by atoms with van der Waals surface area (Å²) in [6.07, 6.45) is 0. The molecule has 0 aliphatic rings. The summed E-state index contributed by atoms with van der Waals surface area (Å²) in [4.78, 5) is 0.328. The molecule has 0 amide bonds. The Kier molecular flexibility index (Phi) is 2.83. The molecule has 0 saturated carbocycles. The molecule has 0 bridgehead atoms. The number of hydrogen-bond donors (Lipinski definition) is 2. The third-order valence-electron chi connectivity index (χ3n) is 1.63. The highest BCUT2D eigenvalue weighted by atomic mass is 32.2. The predicted octanol–water partition coefficient (Wildman–Crippen LogP) is 0.677. The Labute approximate surface area is 73.2 Å². The van der Waals surface area contributed by atoms with Crippen LogP contribution in [0.25, 0.3) is 0 Å². The Morgan fingerprint density at radius 3 is 2.08 bits per heavy atom. The summed E-state index contributed by atoms with van der Waals surface area (Å²) < 4.78 is 21.0. The number of nitrogens with two attached hydrogens (primary N) is 1. The fourth-order valence-corrected chi connectivity index (χ4v) is 1.29. The van der Waals surface area contributed by atoms with E-state index in [4.69, 9.17) is 5.73 Å². The van der Waals surface area contributed by atoms with E-state index in [1.54, 1.807) is 24.3 Å². The van der Waals surface area contributed by atoms with Crippen LogP contribution in [0.5, 0.6) is 0 Å². The van der Waals surface area contributed by atoms with Gasteiger partial charge in [-0.1, -0.05) is 12.1 Å². The summed E-state index contributed by atoms with van der Waals surface area (Å²) in [5.41, 5.74) is 6.53. The lowest BCUT2D eigenvalue weighted by Crippen LogP contribution is -2.04.